The number of amides is 1. The highest BCUT2D eigenvalue weighted by Gasteiger charge is 2.22. The largest absolute Gasteiger partial charge is 0.497 e. The third-order valence-corrected chi connectivity index (χ3v) is 4.52. The predicted molar refractivity (Wildman–Crippen MR) is 104 cm³/mol. The fourth-order valence-corrected chi connectivity index (χ4v) is 3.16. The molecule has 0 aliphatic carbocycles. The van der Waals surface area contributed by atoms with E-state index in [2.05, 4.69) is 17.6 Å². The maximum absolute atomic E-state index is 12.5. The van der Waals surface area contributed by atoms with Crippen molar-refractivity contribution < 1.29 is 14.3 Å². The van der Waals surface area contributed by atoms with Gasteiger partial charge in [0, 0.05) is 12.5 Å². The second kappa shape index (κ2) is 10.5. The minimum atomic E-state index is 0. The first-order valence-corrected chi connectivity index (χ1v) is 8.85. The van der Waals surface area contributed by atoms with Crippen molar-refractivity contribution >= 4 is 24.0 Å². The Hall–Kier alpha value is -1.46. The number of carbonyl (C=O) groups excluding carboxylic acids is 1. The summed E-state index contributed by atoms with van der Waals surface area (Å²) in [5.74, 6) is 2.41. The van der Waals surface area contributed by atoms with Gasteiger partial charge in [0.25, 0.3) is 0 Å². The standard InChI is InChI=1S/C19H30N2O3.ClH/c1-13(2)24-18-6-5-16(23-4)12-17(18)21-19(22)11-14(3)15-7-9-20-10-8-15;/h5-6,12-15,20H,7-11H2,1-4H3,(H,21,22);1H. The third-order valence-electron chi connectivity index (χ3n) is 4.52. The topological polar surface area (TPSA) is 59.6 Å². The average Bonchev–Trinajstić information content (AvgIpc) is 2.56. The smallest absolute Gasteiger partial charge is 0.224 e. The first kappa shape index (κ1) is 21.6. The van der Waals surface area contributed by atoms with Crippen LogP contribution in [0.4, 0.5) is 5.69 Å². The second-order valence-corrected chi connectivity index (χ2v) is 6.85. The summed E-state index contributed by atoms with van der Waals surface area (Å²) in [5, 5.41) is 6.37. The van der Waals surface area contributed by atoms with Crippen molar-refractivity contribution in [2.45, 2.75) is 46.1 Å². The molecule has 6 heteroatoms. The zero-order valence-corrected chi connectivity index (χ0v) is 16.4. The predicted octanol–water partition coefficient (Wildman–Crippen LogP) is 3.87. The van der Waals surface area contributed by atoms with Crippen LogP contribution in [0.2, 0.25) is 0 Å². The fraction of sp³-hybridized carbons (Fsp3) is 0.632. The first-order valence-electron chi connectivity index (χ1n) is 8.85. The normalized spacial score (nSPS) is 16.0. The molecule has 2 N–H and O–H groups in total. The van der Waals surface area contributed by atoms with Crippen LogP contribution in [0.15, 0.2) is 18.2 Å². The lowest BCUT2D eigenvalue weighted by molar-refractivity contribution is -0.117. The molecule has 142 valence electrons. The van der Waals surface area contributed by atoms with Crippen LogP contribution in [0, 0.1) is 11.8 Å². The fourth-order valence-electron chi connectivity index (χ4n) is 3.16. The van der Waals surface area contributed by atoms with E-state index >= 15 is 0 Å². The maximum atomic E-state index is 12.5. The Bertz CT molecular complexity index is 545. The van der Waals surface area contributed by atoms with Crippen LogP contribution in [0.25, 0.3) is 0 Å². The molecule has 1 saturated heterocycles. The third kappa shape index (κ3) is 6.75. The molecule has 2 rings (SSSR count). The summed E-state index contributed by atoms with van der Waals surface area (Å²) in [6.07, 6.45) is 2.87. The van der Waals surface area contributed by atoms with Crippen LogP contribution >= 0.6 is 12.4 Å². The monoisotopic (exact) mass is 370 g/mol. The van der Waals surface area contributed by atoms with Crippen molar-refractivity contribution in [3.8, 4) is 11.5 Å². The number of methoxy groups -OCH3 is 1. The molecule has 0 bridgehead atoms. The van der Waals surface area contributed by atoms with Crippen LogP contribution < -0.4 is 20.1 Å². The van der Waals surface area contributed by atoms with E-state index in [0.29, 0.717) is 35.4 Å². The zero-order valence-electron chi connectivity index (χ0n) is 15.6. The highest BCUT2D eigenvalue weighted by Crippen LogP contribution is 2.31. The summed E-state index contributed by atoms with van der Waals surface area (Å²) in [6.45, 7) is 8.22. The molecule has 0 radical (unpaired) electrons. The number of benzene rings is 1. The second-order valence-electron chi connectivity index (χ2n) is 6.85. The van der Waals surface area contributed by atoms with Crippen LogP contribution in [-0.2, 0) is 4.79 Å². The molecule has 1 aromatic rings. The molecule has 1 aliphatic heterocycles. The van der Waals surface area contributed by atoms with Crippen molar-refractivity contribution in [2.24, 2.45) is 11.8 Å². The van der Waals surface area contributed by atoms with Crippen LogP contribution in [0.1, 0.15) is 40.0 Å². The van der Waals surface area contributed by atoms with Gasteiger partial charge in [-0.1, -0.05) is 6.92 Å². The Morgan fingerprint density at radius 1 is 1.28 bits per heavy atom. The molecule has 25 heavy (non-hydrogen) atoms. The highest BCUT2D eigenvalue weighted by molar-refractivity contribution is 5.92. The molecule has 1 atom stereocenters. The number of piperidine rings is 1. The number of nitrogens with one attached hydrogen (secondary N) is 2. The van der Waals surface area contributed by atoms with Crippen molar-refractivity contribution in [3.05, 3.63) is 18.2 Å². The van der Waals surface area contributed by atoms with Gasteiger partial charge in [-0.2, -0.15) is 0 Å². The molecule has 1 aromatic carbocycles. The molecule has 1 fully saturated rings. The van der Waals surface area contributed by atoms with Gasteiger partial charge in [-0.05, 0) is 63.7 Å². The molecule has 0 aromatic heterocycles. The SMILES string of the molecule is COc1ccc(OC(C)C)c(NC(=O)CC(C)C2CCNCC2)c1.Cl. The Morgan fingerprint density at radius 3 is 2.56 bits per heavy atom. The van der Waals surface area contributed by atoms with E-state index in [0.717, 1.165) is 25.9 Å². The van der Waals surface area contributed by atoms with E-state index in [-0.39, 0.29) is 24.4 Å². The molecule has 1 unspecified atom stereocenters. The first-order chi connectivity index (χ1) is 11.5. The van der Waals surface area contributed by atoms with Gasteiger partial charge in [0.1, 0.15) is 11.5 Å². The zero-order chi connectivity index (χ0) is 17.5. The highest BCUT2D eigenvalue weighted by atomic mass is 35.5. The summed E-state index contributed by atoms with van der Waals surface area (Å²) in [4.78, 5) is 12.5. The van der Waals surface area contributed by atoms with Crippen LogP contribution in [0.3, 0.4) is 0 Å². The lowest BCUT2D eigenvalue weighted by Crippen LogP contribution is -2.32. The number of rotatable bonds is 7. The van der Waals surface area contributed by atoms with E-state index in [1.165, 1.54) is 0 Å². The van der Waals surface area contributed by atoms with Crippen molar-refractivity contribution in [1.82, 2.24) is 5.32 Å². The molecular formula is C19H31ClN2O3. The molecule has 0 spiro atoms. The Kier molecular flexibility index (Phi) is 9.08. The summed E-state index contributed by atoms with van der Waals surface area (Å²) in [6, 6.07) is 5.49. The van der Waals surface area contributed by atoms with E-state index in [1.807, 2.05) is 32.0 Å². The molecule has 0 saturated carbocycles. The molecule has 1 heterocycles. The lowest BCUT2D eigenvalue weighted by atomic mass is 9.84. The minimum Gasteiger partial charge on any atom is -0.497 e. The number of hydrogen-bond donors (Lipinski definition) is 2. The van der Waals surface area contributed by atoms with Crippen molar-refractivity contribution in [3.63, 3.8) is 0 Å². The summed E-state index contributed by atoms with van der Waals surface area (Å²) < 4.78 is 11.0. The van der Waals surface area contributed by atoms with E-state index in [9.17, 15) is 4.79 Å². The quantitative estimate of drug-likeness (QED) is 0.764. The number of anilines is 1. The maximum Gasteiger partial charge on any atom is 0.224 e. The van der Waals surface area contributed by atoms with Gasteiger partial charge in [-0.25, -0.2) is 0 Å². The summed E-state index contributed by atoms with van der Waals surface area (Å²) in [5.41, 5.74) is 0.672. The van der Waals surface area contributed by atoms with Gasteiger partial charge in [0.05, 0.1) is 18.9 Å². The Balaban J connectivity index is 0.00000312. The number of ether oxygens (including phenoxy) is 2. The van der Waals surface area contributed by atoms with Gasteiger partial charge in [0.2, 0.25) is 5.91 Å². The van der Waals surface area contributed by atoms with Crippen LogP contribution in [0.5, 0.6) is 11.5 Å². The van der Waals surface area contributed by atoms with E-state index in [4.69, 9.17) is 9.47 Å². The van der Waals surface area contributed by atoms with Gasteiger partial charge in [-0.15, -0.1) is 12.4 Å². The Morgan fingerprint density at radius 2 is 1.96 bits per heavy atom. The number of hydrogen-bond acceptors (Lipinski definition) is 4. The number of halogens is 1. The summed E-state index contributed by atoms with van der Waals surface area (Å²) in [7, 11) is 1.61. The van der Waals surface area contributed by atoms with Crippen molar-refractivity contribution in [2.75, 3.05) is 25.5 Å². The van der Waals surface area contributed by atoms with Gasteiger partial charge < -0.3 is 20.1 Å². The van der Waals surface area contributed by atoms with Gasteiger partial charge >= 0.3 is 0 Å². The lowest BCUT2D eigenvalue weighted by Gasteiger charge is -2.28. The Labute approximate surface area is 157 Å². The summed E-state index contributed by atoms with van der Waals surface area (Å²) >= 11 is 0. The van der Waals surface area contributed by atoms with Gasteiger partial charge in [0.15, 0.2) is 0 Å². The van der Waals surface area contributed by atoms with Gasteiger partial charge in [-0.3, -0.25) is 4.79 Å². The van der Waals surface area contributed by atoms with E-state index < -0.39 is 0 Å². The van der Waals surface area contributed by atoms with Crippen LogP contribution in [-0.4, -0.2) is 32.2 Å². The molecular weight excluding hydrogens is 340 g/mol. The van der Waals surface area contributed by atoms with Crippen molar-refractivity contribution in [1.29, 1.82) is 0 Å². The number of carbonyl (C=O) groups is 1. The average molecular weight is 371 g/mol. The molecule has 1 amide bonds. The minimum absolute atomic E-state index is 0. The van der Waals surface area contributed by atoms with E-state index in [1.54, 1.807) is 7.11 Å². The molecule has 1 aliphatic rings. The molecule has 5 nitrogen and oxygen atoms in total.